The predicted octanol–water partition coefficient (Wildman–Crippen LogP) is 2.77. The second-order valence-corrected chi connectivity index (χ2v) is 6.76. The van der Waals surface area contributed by atoms with Crippen LogP contribution in [0.1, 0.15) is 25.0 Å². The Labute approximate surface area is 139 Å². The Morgan fingerprint density at radius 1 is 1.26 bits per heavy atom. The van der Waals surface area contributed by atoms with Crippen LogP contribution in [-0.2, 0) is 6.54 Å². The minimum atomic E-state index is -0.198. The van der Waals surface area contributed by atoms with Crippen LogP contribution in [0.25, 0.3) is 10.6 Å². The van der Waals surface area contributed by atoms with Gasteiger partial charge in [0, 0.05) is 17.5 Å². The minimum absolute atomic E-state index is 0.180. The average Bonchev–Trinajstić information content (AvgIpc) is 3.21. The first-order valence-corrected chi connectivity index (χ1v) is 8.78. The standard InChI is InChI=1S/C17H21N3O2S/c21-15-7-6-12(8-15)9-18-17(22)19-10-14-11-23-16(20-14)13-4-2-1-3-5-13/h1-5,11-12,15,21H,6-10H2,(H2,18,19,22)/t12-,15+/m0/s1. The highest BCUT2D eigenvalue weighted by molar-refractivity contribution is 7.13. The molecule has 1 saturated carbocycles. The fourth-order valence-corrected chi connectivity index (χ4v) is 3.63. The van der Waals surface area contributed by atoms with Crippen molar-refractivity contribution in [3.05, 3.63) is 41.4 Å². The van der Waals surface area contributed by atoms with E-state index in [4.69, 9.17) is 0 Å². The van der Waals surface area contributed by atoms with E-state index in [1.54, 1.807) is 11.3 Å². The van der Waals surface area contributed by atoms with E-state index in [1.165, 1.54) is 0 Å². The molecule has 0 unspecified atom stereocenters. The molecule has 2 atom stereocenters. The molecule has 0 spiro atoms. The third-order valence-corrected chi connectivity index (χ3v) is 5.01. The lowest BCUT2D eigenvalue weighted by Gasteiger charge is -2.11. The van der Waals surface area contributed by atoms with E-state index in [2.05, 4.69) is 15.6 Å². The van der Waals surface area contributed by atoms with Crippen molar-refractivity contribution < 1.29 is 9.90 Å². The molecule has 1 fully saturated rings. The average molecular weight is 331 g/mol. The molecule has 3 N–H and O–H groups in total. The van der Waals surface area contributed by atoms with E-state index in [1.807, 2.05) is 35.7 Å². The van der Waals surface area contributed by atoms with Crippen LogP contribution in [-0.4, -0.2) is 28.8 Å². The zero-order valence-corrected chi connectivity index (χ0v) is 13.7. The maximum atomic E-state index is 11.8. The van der Waals surface area contributed by atoms with Crippen molar-refractivity contribution in [1.82, 2.24) is 15.6 Å². The number of rotatable bonds is 5. The zero-order valence-electron chi connectivity index (χ0n) is 12.9. The van der Waals surface area contributed by atoms with Gasteiger partial charge in [0.1, 0.15) is 5.01 Å². The molecule has 0 bridgehead atoms. The van der Waals surface area contributed by atoms with E-state index in [0.717, 1.165) is 35.5 Å². The van der Waals surface area contributed by atoms with Crippen LogP contribution < -0.4 is 10.6 Å². The topological polar surface area (TPSA) is 74.2 Å². The number of hydrogen-bond acceptors (Lipinski definition) is 4. The van der Waals surface area contributed by atoms with Crippen LogP contribution >= 0.6 is 11.3 Å². The number of amides is 2. The van der Waals surface area contributed by atoms with E-state index in [-0.39, 0.29) is 12.1 Å². The van der Waals surface area contributed by atoms with Gasteiger partial charge in [0.25, 0.3) is 0 Å². The summed E-state index contributed by atoms with van der Waals surface area (Å²) < 4.78 is 0. The number of thiazole rings is 1. The Hall–Kier alpha value is -1.92. The van der Waals surface area contributed by atoms with E-state index >= 15 is 0 Å². The molecular formula is C17H21N3O2S. The minimum Gasteiger partial charge on any atom is -0.393 e. The van der Waals surface area contributed by atoms with Crippen LogP contribution in [0, 0.1) is 5.92 Å². The van der Waals surface area contributed by atoms with Gasteiger partial charge in [0.05, 0.1) is 18.3 Å². The normalized spacial score (nSPS) is 20.4. The lowest BCUT2D eigenvalue weighted by molar-refractivity contribution is 0.177. The molecule has 122 valence electrons. The molecule has 2 amide bonds. The van der Waals surface area contributed by atoms with Gasteiger partial charge in [-0.1, -0.05) is 30.3 Å². The van der Waals surface area contributed by atoms with Gasteiger partial charge in [-0.15, -0.1) is 11.3 Å². The van der Waals surface area contributed by atoms with Gasteiger partial charge < -0.3 is 15.7 Å². The summed E-state index contributed by atoms with van der Waals surface area (Å²) in [5, 5.41) is 18.1. The van der Waals surface area contributed by atoms with E-state index in [9.17, 15) is 9.90 Å². The van der Waals surface area contributed by atoms with Gasteiger partial charge in [0.2, 0.25) is 0 Å². The highest BCUT2D eigenvalue weighted by atomic mass is 32.1. The Morgan fingerprint density at radius 2 is 2.09 bits per heavy atom. The summed E-state index contributed by atoms with van der Waals surface area (Å²) in [5.74, 6) is 0.389. The van der Waals surface area contributed by atoms with Crippen molar-refractivity contribution in [2.75, 3.05) is 6.54 Å². The van der Waals surface area contributed by atoms with Crippen LogP contribution in [0.15, 0.2) is 35.7 Å². The summed E-state index contributed by atoms with van der Waals surface area (Å²) in [5.41, 5.74) is 1.95. The molecule has 3 rings (SSSR count). The molecule has 0 aliphatic heterocycles. The molecule has 6 heteroatoms. The summed E-state index contributed by atoms with van der Waals surface area (Å²) in [6.45, 7) is 1.04. The summed E-state index contributed by atoms with van der Waals surface area (Å²) in [6.07, 6.45) is 2.41. The first kappa shape index (κ1) is 16.0. The van der Waals surface area contributed by atoms with Crippen molar-refractivity contribution in [3.63, 3.8) is 0 Å². The van der Waals surface area contributed by atoms with Crippen LogP contribution in [0.2, 0.25) is 0 Å². The summed E-state index contributed by atoms with van der Waals surface area (Å²) in [7, 11) is 0. The molecule has 5 nitrogen and oxygen atoms in total. The molecule has 1 aliphatic carbocycles. The molecule has 0 saturated heterocycles. The molecule has 1 aromatic heterocycles. The van der Waals surface area contributed by atoms with Gasteiger partial charge in [-0.3, -0.25) is 0 Å². The van der Waals surface area contributed by atoms with Crippen LogP contribution in [0.4, 0.5) is 4.79 Å². The summed E-state index contributed by atoms with van der Waals surface area (Å²) in [4.78, 5) is 16.4. The van der Waals surface area contributed by atoms with Gasteiger partial charge in [-0.05, 0) is 25.2 Å². The fraction of sp³-hybridized carbons (Fsp3) is 0.412. The number of aliphatic hydroxyl groups is 1. The third kappa shape index (κ3) is 4.53. The lowest BCUT2D eigenvalue weighted by atomic mass is 10.1. The monoisotopic (exact) mass is 331 g/mol. The van der Waals surface area contributed by atoms with Crippen molar-refractivity contribution >= 4 is 17.4 Å². The first-order chi connectivity index (χ1) is 11.2. The number of nitrogens with zero attached hydrogens (tertiary/aromatic N) is 1. The Morgan fingerprint density at radius 3 is 2.83 bits per heavy atom. The van der Waals surface area contributed by atoms with E-state index in [0.29, 0.717) is 19.0 Å². The number of urea groups is 1. The molecular weight excluding hydrogens is 310 g/mol. The zero-order chi connectivity index (χ0) is 16.1. The van der Waals surface area contributed by atoms with Crippen molar-refractivity contribution in [2.24, 2.45) is 5.92 Å². The Bertz CT molecular complexity index is 644. The van der Waals surface area contributed by atoms with Gasteiger partial charge in [0.15, 0.2) is 0 Å². The number of carbonyl (C=O) groups is 1. The maximum absolute atomic E-state index is 11.8. The molecule has 0 radical (unpaired) electrons. The highest BCUT2D eigenvalue weighted by Crippen LogP contribution is 2.24. The summed E-state index contributed by atoms with van der Waals surface area (Å²) >= 11 is 1.58. The van der Waals surface area contributed by atoms with Gasteiger partial charge in [-0.25, -0.2) is 9.78 Å². The largest absolute Gasteiger partial charge is 0.393 e. The quantitative estimate of drug-likeness (QED) is 0.789. The fourth-order valence-electron chi connectivity index (χ4n) is 2.81. The Kier molecular flexibility index (Phi) is 5.25. The molecule has 1 aliphatic rings. The maximum Gasteiger partial charge on any atom is 0.315 e. The molecule has 1 aromatic carbocycles. The SMILES string of the molecule is O=C(NCc1csc(-c2ccccc2)n1)NC[C@H]1CC[C@@H](O)C1. The van der Waals surface area contributed by atoms with Crippen molar-refractivity contribution in [1.29, 1.82) is 0 Å². The van der Waals surface area contributed by atoms with Gasteiger partial charge >= 0.3 is 6.03 Å². The number of benzene rings is 1. The number of aromatic nitrogens is 1. The number of aliphatic hydroxyl groups excluding tert-OH is 1. The number of nitrogens with one attached hydrogen (secondary N) is 2. The molecule has 2 aromatic rings. The lowest BCUT2D eigenvalue weighted by Crippen LogP contribution is -2.37. The van der Waals surface area contributed by atoms with Crippen molar-refractivity contribution in [2.45, 2.75) is 31.9 Å². The van der Waals surface area contributed by atoms with Crippen LogP contribution in [0.3, 0.4) is 0 Å². The van der Waals surface area contributed by atoms with Crippen molar-refractivity contribution in [3.8, 4) is 10.6 Å². The second kappa shape index (κ2) is 7.57. The molecule has 23 heavy (non-hydrogen) atoms. The van der Waals surface area contributed by atoms with E-state index < -0.39 is 0 Å². The third-order valence-electron chi connectivity index (χ3n) is 4.07. The van der Waals surface area contributed by atoms with Crippen LogP contribution in [0.5, 0.6) is 0 Å². The number of carbonyl (C=O) groups excluding carboxylic acids is 1. The number of hydrogen-bond donors (Lipinski definition) is 3. The summed E-state index contributed by atoms with van der Waals surface area (Å²) in [6, 6.07) is 9.83. The van der Waals surface area contributed by atoms with Gasteiger partial charge in [-0.2, -0.15) is 0 Å². The smallest absolute Gasteiger partial charge is 0.315 e. The first-order valence-electron chi connectivity index (χ1n) is 7.90. The second-order valence-electron chi connectivity index (χ2n) is 5.91. The highest BCUT2D eigenvalue weighted by Gasteiger charge is 2.22. The Balaban J connectivity index is 1.43. The predicted molar refractivity (Wildman–Crippen MR) is 91.1 cm³/mol. The molecule has 1 heterocycles.